The van der Waals surface area contributed by atoms with Crippen molar-refractivity contribution >= 4 is 11.9 Å². The summed E-state index contributed by atoms with van der Waals surface area (Å²) in [5.41, 5.74) is 5.89. The quantitative estimate of drug-likeness (QED) is 0.677. The van der Waals surface area contributed by atoms with Gasteiger partial charge in [0.1, 0.15) is 6.04 Å². The molecule has 0 aromatic heterocycles. The molecule has 0 spiro atoms. The molecule has 116 valence electrons. The molecule has 0 radical (unpaired) electrons. The zero-order chi connectivity index (χ0) is 15.1. The number of methoxy groups -OCH3 is 1. The highest BCUT2D eigenvalue weighted by Crippen LogP contribution is 2.09. The van der Waals surface area contributed by atoms with E-state index in [1.165, 1.54) is 7.11 Å². The summed E-state index contributed by atoms with van der Waals surface area (Å²) in [6.07, 6.45) is 2.61. The molecule has 6 heteroatoms. The molecule has 1 fully saturated rings. The van der Waals surface area contributed by atoms with Gasteiger partial charge in [0.05, 0.1) is 13.7 Å². The molecule has 0 saturated carbocycles. The van der Waals surface area contributed by atoms with E-state index in [2.05, 4.69) is 5.32 Å². The Kier molecular flexibility index (Phi) is 6.95. The van der Waals surface area contributed by atoms with Gasteiger partial charge in [0, 0.05) is 12.6 Å². The lowest BCUT2D eigenvalue weighted by Crippen LogP contribution is -2.50. The second-order valence-corrected chi connectivity index (χ2v) is 5.91. The van der Waals surface area contributed by atoms with Crippen molar-refractivity contribution in [2.75, 3.05) is 26.7 Å². The summed E-state index contributed by atoms with van der Waals surface area (Å²) < 4.78 is 4.73. The summed E-state index contributed by atoms with van der Waals surface area (Å²) >= 11 is 0. The Morgan fingerprint density at radius 2 is 2.15 bits per heavy atom. The molecular weight excluding hydrogens is 258 g/mol. The van der Waals surface area contributed by atoms with Crippen molar-refractivity contribution in [1.29, 1.82) is 0 Å². The Bertz CT molecular complexity index is 334. The first-order valence-electron chi connectivity index (χ1n) is 7.27. The molecule has 1 aliphatic rings. The number of nitrogens with one attached hydrogen (secondary N) is 1. The Labute approximate surface area is 121 Å². The van der Waals surface area contributed by atoms with E-state index in [9.17, 15) is 9.59 Å². The number of piperidine rings is 1. The SMILES string of the molecule is COC(=O)C(CC(C)C)NC(=O)CN1CCC[C@@H](N)C1. The number of hydrogen-bond donors (Lipinski definition) is 2. The number of likely N-dealkylation sites (tertiary alicyclic amines) is 1. The first-order chi connectivity index (χ1) is 9.42. The van der Waals surface area contributed by atoms with E-state index in [0.29, 0.717) is 18.9 Å². The number of carbonyl (C=O) groups excluding carboxylic acids is 2. The number of esters is 1. The van der Waals surface area contributed by atoms with Crippen molar-refractivity contribution in [3.8, 4) is 0 Å². The van der Waals surface area contributed by atoms with Crippen LogP contribution in [-0.4, -0.2) is 55.6 Å². The minimum atomic E-state index is -0.564. The maximum absolute atomic E-state index is 12.0. The van der Waals surface area contributed by atoms with Crippen molar-refractivity contribution in [3.63, 3.8) is 0 Å². The predicted octanol–water partition coefficient (Wildman–Crippen LogP) is 0.113. The van der Waals surface area contributed by atoms with E-state index in [1.807, 2.05) is 18.7 Å². The monoisotopic (exact) mass is 285 g/mol. The van der Waals surface area contributed by atoms with Crippen molar-refractivity contribution < 1.29 is 14.3 Å². The van der Waals surface area contributed by atoms with Crippen molar-refractivity contribution in [1.82, 2.24) is 10.2 Å². The van der Waals surface area contributed by atoms with E-state index >= 15 is 0 Å². The summed E-state index contributed by atoms with van der Waals surface area (Å²) in [5.74, 6) is -0.222. The molecular formula is C14H27N3O3. The lowest BCUT2D eigenvalue weighted by Gasteiger charge is -2.30. The molecule has 1 aliphatic heterocycles. The van der Waals surface area contributed by atoms with Crippen LogP contribution in [0.3, 0.4) is 0 Å². The molecule has 0 aromatic rings. The third-order valence-corrected chi connectivity index (χ3v) is 3.44. The van der Waals surface area contributed by atoms with Crippen LogP contribution in [0.2, 0.25) is 0 Å². The number of ether oxygens (including phenoxy) is 1. The fraction of sp³-hybridized carbons (Fsp3) is 0.857. The molecule has 2 atom stereocenters. The van der Waals surface area contributed by atoms with E-state index in [4.69, 9.17) is 10.5 Å². The van der Waals surface area contributed by atoms with Crippen LogP contribution in [0.1, 0.15) is 33.1 Å². The molecule has 1 heterocycles. The van der Waals surface area contributed by atoms with Crippen LogP contribution in [0, 0.1) is 5.92 Å². The minimum absolute atomic E-state index is 0.142. The average molecular weight is 285 g/mol. The van der Waals surface area contributed by atoms with Gasteiger partial charge in [-0.2, -0.15) is 0 Å². The molecule has 1 rings (SSSR count). The second kappa shape index (κ2) is 8.21. The fourth-order valence-corrected chi connectivity index (χ4v) is 2.51. The molecule has 6 nitrogen and oxygen atoms in total. The van der Waals surface area contributed by atoms with Gasteiger partial charge in [-0.25, -0.2) is 4.79 Å². The van der Waals surface area contributed by atoms with Crippen LogP contribution in [0.5, 0.6) is 0 Å². The average Bonchev–Trinajstić information content (AvgIpc) is 2.36. The van der Waals surface area contributed by atoms with Crippen molar-refractivity contribution in [3.05, 3.63) is 0 Å². The predicted molar refractivity (Wildman–Crippen MR) is 77.1 cm³/mol. The smallest absolute Gasteiger partial charge is 0.328 e. The van der Waals surface area contributed by atoms with E-state index in [1.54, 1.807) is 0 Å². The van der Waals surface area contributed by atoms with Crippen molar-refractivity contribution in [2.45, 2.75) is 45.2 Å². The standard InChI is InChI=1S/C14H27N3O3/c1-10(2)7-12(14(19)20-3)16-13(18)9-17-6-4-5-11(15)8-17/h10-12H,4-9,15H2,1-3H3,(H,16,18)/t11-,12?/m1/s1. The van der Waals surface area contributed by atoms with Gasteiger partial charge in [0.25, 0.3) is 0 Å². The summed E-state index contributed by atoms with van der Waals surface area (Å²) in [5, 5.41) is 2.77. The van der Waals surface area contributed by atoms with E-state index in [0.717, 1.165) is 25.9 Å². The first-order valence-corrected chi connectivity index (χ1v) is 7.27. The number of nitrogens with two attached hydrogens (primary N) is 1. The molecule has 1 amide bonds. The van der Waals surface area contributed by atoms with Gasteiger partial charge >= 0.3 is 5.97 Å². The minimum Gasteiger partial charge on any atom is -0.467 e. The third kappa shape index (κ3) is 5.88. The zero-order valence-electron chi connectivity index (χ0n) is 12.7. The largest absolute Gasteiger partial charge is 0.467 e. The van der Waals surface area contributed by atoms with Gasteiger partial charge in [0.15, 0.2) is 0 Å². The van der Waals surface area contributed by atoms with Crippen LogP contribution in [0.25, 0.3) is 0 Å². The number of carbonyl (C=O) groups is 2. The molecule has 0 aliphatic carbocycles. The molecule has 20 heavy (non-hydrogen) atoms. The van der Waals surface area contributed by atoms with Crippen LogP contribution >= 0.6 is 0 Å². The van der Waals surface area contributed by atoms with Crippen LogP contribution in [0.4, 0.5) is 0 Å². The second-order valence-electron chi connectivity index (χ2n) is 5.91. The molecule has 1 saturated heterocycles. The first kappa shape index (κ1) is 16.9. The Morgan fingerprint density at radius 3 is 2.70 bits per heavy atom. The summed E-state index contributed by atoms with van der Waals surface area (Å²) in [4.78, 5) is 25.7. The highest BCUT2D eigenvalue weighted by molar-refractivity contribution is 5.85. The number of amides is 1. The maximum Gasteiger partial charge on any atom is 0.328 e. The van der Waals surface area contributed by atoms with E-state index in [-0.39, 0.29) is 17.9 Å². The van der Waals surface area contributed by atoms with Crippen molar-refractivity contribution in [2.24, 2.45) is 11.7 Å². The van der Waals surface area contributed by atoms with Gasteiger partial charge in [-0.05, 0) is 31.7 Å². The number of hydrogen-bond acceptors (Lipinski definition) is 5. The normalized spacial score (nSPS) is 21.6. The highest BCUT2D eigenvalue weighted by atomic mass is 16.5. The Hall–Kier alpha value is -1.14. The van der Waals surface area contributed by atoms with Gasteiger partial charge in [0.2, 0.25) is 5.91 Å². The lowest BCUT2D eigenvalue weighted by atomic mass is 10.0. The third-order valence-electron chi connectivity index (χ3n) is 3.44. The number of nitrogens with zero attached hydrogens (tertiary/aromatic N) is 1. The van der Waals surface area contributed by atoms with Gasteiger partial charge < -0.3 is 15.8 Å². The van der Waals surface area contributed by atoms with E-state index < -0.39 is 6.04 Å². The molecule has 0 bridgehead atoms. The molecule has 0 aromatic carbocycles. The number of rotatable bonds is 6. The zero-order valence-corrected chi connectivity index (χ0v) is 12.7. The molecule has 3 N–H and O–H groups in total. The van der Waals surface area contributed by atoms with Gasteiger partial charge in [-0.1, -0.05) is 13.8 Å². The Balaban J connectivity index is 2.46. The molecule has 1 unspecified atom stereocenters. The van der Waals surface area contributed by atoms with Gasteiger partial charge in [-0.3, -0.25) is 9.69 Å². The van der Waals surface area contributed by atoms with Crippen LogP contribution < -0.4 is 11.1 Å². The van der Waals surface area contributed by atoms with Crippen LogP contribution in [0.15, 0.2) is 0 Å². The van der Waals surface area contributed by atoms with Gasteiger partial charge in [-0.15, -0.1) is 0 Å². The fourth-order valence-electron chi connectivity index (χ4n) is 2.51. The summed E-state index contributed by atoms with van der Waals surface area (Å²) in [6, 6.07) is -0.422. The maximum atomic E-state index is 12.0. The summed E-state index contributed by atoms with van der Waals surface area (Å²) in [7, 11) is 1.34. The van der Waals surface area contributed by atoms with Crippen LogP contribution in [-0.2, 0) is 14.3 Å². The highest BCUT2D eigenvalue weighted by Gasteiger charge is 2.24. The lowest BCUT2D eigenvalue weighted by molar-refractivity contribution is -0.145. The topological polar surface area (TPSA) is 84.7 Å². The summed E-state index contributed by atoms with van der Waals surface area (Å²) in [6.45, 7) is 5.92. The Morgan fingerprint density at radius 1 is 1.45 bits per heavy atom.